The molecule has 1 fully saturated rings. The van der Waals surface area contributed by atoms with Gasteiger partial charge in [0, 0.05) is 29.1 Å². The summed E-state index contributed by atoms with van der Waals surface area (Å²) in [7, 11) is 1.70. The lowest BCUT2D eigenvalue weighted by molar-refractivity contribution is 0.0268. The minimum Gasteiger partial charge on any atom is -0.380 e. The van der Waals surface area contributed by atoms with Crippen LogP contribution in [0, 0.1) is 0 Å². The molecule has 3 nitrogen and oxygen atoms in total. The molecule has 0 aromatic heterocycles. The molecule has 18 heavy (non-hydrogen) atoms. The highest BCUT2D eigenvalue weighted by Gasteiger charge is 2.25. The molecule has 1 aliphatic heterocycles. The maximum Gasteiger partial charge on any atom is 0.255 e. The van der Waals surface area contributed by atoms with Crippen LogP contribution in [0.15, 0.2) is 27.1 Å². The van der Waals surface area contributed by atoms with E-state index in [2.05, 4.69) is 31.9 Å². The molecule has 0 bridgehead atoms. The van der Waals surface area contributed by atoms with Crippen LogP contribution in [0.2, 0.25) is 0 Å². The Morgan fingerprint density at radius 3 is 2.94 bits per heavy atom. The lowest BCUT2D eigenvalue weighted by Gasteiger charge is -2.32. The van der Waals surface area contributed by atoms with Gasteiger partial charge in [0.05, 0.1) is 11.7 Å². The summed E-state index contributed by atoms with van der Waals surface area (Å²) in [5.74, 6) is 0.0601. The Morgan fingerprint density at radius 1 is 1.44 bits per heavy atom. The zero-order valence-corrected chi connectivity index (χ0v) is 13.3. The van der Waals surface area contributed by atoms with E-state index < -0.39 is 0 Å². The van der Waals surface area contributed by atoms with Crippen molar-refractivity contribution in [2.45, 2.75) is 18.9 Å². The van der Waals surface area contributed by atoms with Gasteiger partial charge < -0.3 is 9.64 Å². The summed E-state index contributed by atoms with van der Waals surface area (Å²) in [4.78, 5) is 14.3. The van der Waals surface area contributed by atoms with Crippen molar-refractivity contribution in [1.82, 2.24) is 4.90 Å². The number of benzene rings is 1. The van der Waals surface area contributed by atoms with E-state index in [-0.39, 0.29) is 12.0 Å². The molecule has 1 atom stereocenters. The fourth-order valence-corrected chi connectivity index (χ4v) is 2.92. The summed E-state index contributed by atoms with van der Waals surface area (Å²) in [6.45, 7) is 1.48. The summed E-state index contributed by atoms with van der Waals surface area (Å²) in [5.41, 5.74) is 0.695. The van der Waals surface area contributed by atoms with Crippen LogP contribution in [0.1, 0.15) is 23.2 Å². The largest absolute Gasteiger partial charge is 0.380 e. The maximum atomic E-state index is 12.5. The standard InChI is InChI=1S/C13H15Br2NO2/c1-18-10-3-2-6-16(8-10)13(17)11-7-9(14)4-5-12(11)15/h4-5,7,10H,2-3,6,8H2,1H3. The van der Waals surface area contributed by atoms with E-state index in [1.807, 2.05) is 23.1 Å². The van der Waals surface area contributed by atoms with Gasteiger partial charge in [-0.15, -0.1) is 0 Å². The summed E-state index contributed by atoms with van der Waals surface area (Å²) in [5, 5.41) is 0. The second kappa shape index (κ2) is 6.17. The normalized spacial score (nSPS) is 19.9. The molecule has 1 aromatic carbocycles. The van der Waals surface area contributed by atoms with Gasteiger partial charge in [0.2, 0.25) is 0 Å². The maximum absolute atomic E-state index is 12.5. The highest BCUT2D eigenvalue weighted by atomic mass is 79.9. The SMILES string of the molecule is COC1CCCN(C(=O)c2cc(Br)ccc2Br)C1. The average molecular weight is 377 g/mol. The Bertz CT molecular complexity index is 451. The fourth-order valence-electron chi connectivity index (χ4n) is 2.15. The molecule has 0 radical (unpaired) electrons. The summed E-state index contributed by atoms with van der Waals surface area (Å²) in [6.07, 6.45) is 2.18. The van der Waals surface area contributed by atoms with Gasteiger partial charge in [-0.2, -0.15) is 0 Å². The molecule has 1 saturated heterocycles. The predicted molar refractivity (Wildman–Crippen MR) is 77.8 cm³/mol. The minimum atomic E-state index is 0.0601. The first-order valence-corrected chi connectivity index (χ1v) is 7.47. The van der Waals surface area contributed by atoms with Crippen molar-refractivity contribution < 1.29 is 9.53 Å². The number of carbonyl (C=O) groups excluding carboxylic acids is 1. The number of rotatable bonds is 2. The number of hydrogen-bond donors (Lipinski definition) is 0. The monoisotopic (exact) mass is 375 g/mol. The molecule has 0 N–H and O–H groups in total. The number of amides is 1. The van der Waals surface area contributed by atoms with Gasteiger partial charge in [-0.1, -0.05) is 15.9 Å². The van der Waals surface area contributed by atoms with Crippen molar-refractivity contribution in [2.75, 3.05) is 20.2 Å². The molecular weight excluding hydrogens is 362 g/mol. The number of halogens is 2. The van der Waals surface area contributed by atoms with E-state index in [9.17, 15) is 4.79 Å². The number of ether oxygens (including phenoxy) is 1. The number of methoxy groups -OCH3 is 1. The van der Waals surface area contributed by atoms with Crippen molar-refractivity contribution in [2.24, 2.45) is 0 Å². The van der Waals surface area contributed by atoms with Gasteiger partial charge in [0.1, 0.15) is 0 Å². The van der Waals surface area contributed by atoms with Crippen LogP contribution in [0.3, 0.4) is 0 Å². The summed E-state index contributed by atoms with van der Waals surface area (Å²) >= 11 is 6.83. The molecule has 1 amide bonds. The van der Waals surface area contributed by atoms with Crippen molar-refractivity contribution in [3.63, 3.8) is 0 Å². The zero-order valence-electron chi connectivity index (χ0n) is 10.2. The third-order valence-corrected chi connectivity index (χ3v) is 4.34. The Kier molecular flexibility index (Phi) is 4.81. The van der Waals surface area contributed by atoms with Gasteiger partial charge >= 0.3 is 0 Å². The van der Waals surface area contributed by atoms with Crippen LogP contribution < -0.4 is 0 Å². The molecule has 1 aromatic rings. The van der Waals surface area contributed by atoms with E-state index in [1.165, 1.54) is 0 Å². The highest BCUT2D eigenvalue weighted by molar-refractivity contribution is 9.11. The quantitative estimate of drug-likeness (QED) is 0.790. The third-order valence-electron chi connectivity index (χ3n) is 3.16. The number of carbonyl (C=O) groups is 1. The number of hydrogen-bond acceptors (Lipinski definition) is 2. The van der Waals surface area contributed by atoms with Gasteiger partial charge in [-0.25, -0.2) is 0 Å². The number of nitrogens with zero attached hydrogens (tertiary/aromatic N) is 1. The van der Waals surface area contributed by atoms with Crippen molar-refractivity contribution in [1.29, 1.82) is 0 Å². The van der Waals surface area contributed by atoms with Crippen LogP contribution in [0.25, 0.3) is 0 Å². The van der Waals surface area contributed by atoms with E-state index in [1.54, 1.807) is 7.11 Å². The van der Waals surface area contributed by atoms with Gasteiger partial charge in [-0.05, 0) is 47.0 Å². The van der Waals surface area contributed by atoms with E-state index in [0.717, 1.165) is 28.3 Å². The predicted octanol–water partition coefficient (Wildman–Crippen LogP) is 3.46. The second-order valence-corrected chi connectivity index (χ2v) is 6.15. The van der Waals surface area contributed by atoms with Crippen LogP contribution in [0.5, 0.6) is 0 Å². The van der Waals surface area contributed by atoms with E-state index >= 15 is 0 Å². The molecule has 1 aliphatic rings. The molecule has 2 rings (SSSR count). The lowest BCUT2D eigenvalue weighted by atomic mass is 10.1. The smallest absolute Gasteiger partial charge is 0.255 e. The molecule has 98 valence electrons. The van der Waals surface area contributed by atoms with Gasteiger partial charge in [0.15, 0.2) is 0 Å². The molecular formula is C13H15Br2NO2. The highest BCUT2D eigenvalue weighted by Crippen LogP contribution is 2.24. The summed E-state index contributed by atoms with van der Waals surface area (Å²) in [6, 6.07) is 5.65. The van der Waals surface area contributed by atoms with Crippen LogP contribution in [-0.4, -0.2) is 37.1 Å². The first-order chi connectivity index (χ1) is 8.61. The van der Waals surface area contributed by atoms with Crippen LogP contribution in [0.4, 0.5) is 0 Å². The van der Waals surface area contributed by atoms with Crippen LogP contribution >= 0.6 is 31.9 Å². The molecule has 1 heterocycles. The zero-order chi connectivity index (χ0) is 13.1. The topological polar surface area (TPSA) is 29.5 Å². The molecule has 1 unspecified atom stereocenters. The molecule has 0 saturated carbocycles. The number of piperidine rings is 1. The van der Waals surface area contributed by atoms with Crippen LogP contribution in [-0.2, 0) is 4.74 Å². The summed E-state index contributed by atoms with van der Waals surface area (Å²) < 4.78 is 7.09. The Morgan fingerprint density at radius 2 is 2.22 bits per heavy atom. The first-order valence-electron chi connectivity index (χ1n) is 5.89. The van der Waals surface area contributed by atoms with Crippen molar-refractivity contribution >= 4 is 37.8 Å². The second-order valence-electron chi connectivity index (χ2n) is 4.38. The fraction of sp³-hybridized carbons (Fsp3) is 0.462. The third kappa shape index (κ3) is 3.13. The first kappa shape index (κ1) is 14.0. The molecule has 0 aliphatic carbocycles. The van der Waals surface area contributed by atoms with E-state index in [4.69, 9.17) is 4.74 Å². The van der Waals surface area contributed by atoms with Crippen molar-refractivity contribution in [3.8, 4) is 0 Å². The average Bonchev–Trinajstić information content (AvgIpc) is 2.41. The lowest BCUT2D eigenvalue weighted by Crippen LogP contribution is -2.43. The molecule has 5 heteroatoms. The Hall–Kier alpha value is -0.390. The minimum absolute atomic E-state index is 0.0601. The van der Waals surface area contributed by atoms with Crippen molar-refractivity contribution in [3.05, 3.63) is 32.7 Å². The van der Waals surface area contributed by atoms with Gasteiger partial charge in [-0.3, -0.25) is 4.79 Å². The number of likely N-dealkylation sites (tertiary alicyclic amines) is 1. The van der Waals surface area contributed by atoms with Gasteiger partial charge in [0.25, 0.3) is 5.91 Å². The Labute approximate surface area is 124 Å². The van der Waals surface area contributed by atoms with E-state index in [0.29, 0.717) is 12.1 Å². The molecule has 0 spiro atoms. The Balaban J connectivity index is 2.17.